The van der Waals surface area contributed by atoms with E-state index in [1.807, 2.05) is 11.8 Å². The molecule has 0 spiro atoms. The van der Waals surface area contributed by atoms with Gasteiger partial charge in [-0.1, -0.05) is 12.2 Å². The molecule has 4 heteroatoms. The fourth-order valence-electron chi connectivity index (χ4n) is 1.92. The second kappa shape index (κ2) is 6.64. The fourth-order valence-corrected chi connectivity index (χ4v) is 2.53. The summed E-state index contributed by atoms with van der Waals surface area (Å²) >= 11 is 6.97. The number of thioether (sulfide) groups is 1. The van der Waals surface area contributed by atoms with Crippen LogP contribution in [0.2, 0.25) is 0 Å². The molecule has 2 nitrogen and oxygen atoms in total. The summed E-state index contributed by atoms with van der Waals surface area (Å²) in [6, 6.07) is 0. The summed E-state index contributed by atoms with van der Waals surface area (Å²) < 4.78 is 0. The van der Waals surface area contributed by atoms with Crippen LogP contribution in [0.5, 0.6) is 0 Å². The lowest BCUT2D eigenvalue weighted by Gasteiger charge is -2.32. The van der Waals surface area contributed by atoms with Gasteiger partial charge in [0.15, 0.2) is 0 Å². The summed E-state index contributed by atoms with van der Waals surface area (Å²) in [6.07, 6.45) is 5.88. The first-order valence-corrected chi connectivity index (χ1v) is 7.05. The number of hydrogen-bond acceptors (Lipinski definition) is 3. The zero-order chi connectivity index (χ0) is 10.4. The summed E-state index contributed by atoms with van der Waals surface area (Å²) in [5, 5.41) is 0. The number of likely N-dealkylation sites (tertiary alicyclic amines) is 1. The minimum Gasteiger partial charge on any atom is -0.393 e. The lowest BCUT2D eigenvalue weighted by molar-refractivity contribution is 0.206. The SMILES string of the molecule is CSCCCN1CCCC(C(N)=S)C1. The molecule has 0 aromatic heterocycles. The van der Waals surface area contributed by atoms with E-state index in [0.717, 1.165) is 6.54 Å². The molecule has 0 aromatic rings. The van der Waals surface area contributed by atoms with E-state index in [4.69, 9.17) is 18.0 Å². The molecule has 0 amide bonds. The molecule has 1 saturated heterocycles. The van der Waals surface area contributed by atoms with Crippen molar-refractivity contribution in [3.8, 4) is 0 Å². The van der Waals surface area contributed by atoms with E-state index < -0.39 is 0 Å². The van der Waals surface area contributed by atoms with E-state index in [9.17, 15) is 0 Å². The average Bonchev–Trinajstić information content (AvgIpc) is 2.19. The summed E-state index contributed by atoms with van der Waals surface area (Å²) in [5.74, 6) is 1.72. The summed E-state index contributed by atoms with van der Waals surface area (Å²) in [5.41, 5.74) is 5.68. The Labute approximate surface area is 96.6 Å². The monoisotopic (exact) mass is 232 g/mol. The maximum absolute atomic E-state index is 5.68. The first-order valence-electron chi connectivity index (χ1n) is 5.24. The number of nitrogens with zero attached hydrogens (tertiary/aromatic N) is 1. The fraction of sp³-hybridized carbons (Fsp3) is 0.900. The third-order valence-electron chi connectivity index (χ3n) is 2.73. The van der Waals surface area contributed by atoms with Crippen LogP contribution in [-0.2, 0) is 0 Å². The van der Waals surface area contributed by atoms with Gasteiger partial charge in [-0.15, -0.1) is 0 Å². The third-order valence-corrected chi connectivity index (χ3v) is 3.76. The first-order chi connectivity index (χ1) is 6.74. The average molecular weight is 232 g/mol. The second-order valence-corrected chi connectivity index (χ2v) is 5.35. The summed E-state index contributed by atoms with van der Waals surface area (Å²) in [4.78, 5) is 3.21. The number of hydrogen-bond donors (Lipinski definition) is 1. The van der Waals surface area contributed by atoms with Crippen molar-refractivity contribution < 1.29 is 0 Å². The topological polar surface area (TPSA) is 29.3 Å². The van der Waals surface area contributed by atoms with Crippen LogP contribution in [0.15, 0.2) is 0 Å². The Morgan fingerprint density at radius 1 is 1.64 bits per heavy atom. The van der Waals surface area contributed by atoms with Gasteiger partial charge in [0.05, 0.1) is 4.99 Å². The van der Waals surface area contributed by atoms with Crippen LogP contribution in [-0.4, -0.2) is 41.5 Å². The minimum absolute atomic E-state index is 0.466. The van der Waals surface area contributed by atoms with E-state index in [2.05, 4.69) is 11.2 Å². The molecule has 1 rings (SSSR count). The molecule has 82 valence electrons. The van der Waals surface area contributed by atoms with Crippen molar-refractivity contribution in [1.29, 1.82) is 0 Å². The van der Waals surface area contributed by atoms with Crippen LogP contribution < -0.4 is 5.73 Å². The smallest absolute Gasteiger partial charge is 0.0771 e. The number of thiocarbonyl (C=S) groups is 1. The van der Waals surface area contributed by atoms with Crippen LogP contribution in [0.4, 0.5) is 0 Å². The maximum atomic E-state index is 5.68. The molecular weight excluding hydrogens is 212 g/mol. The lowest BCUT2D eigenvalue weighted by Crippen LogP contribution is -2.40. The van der Waals surface area contributed by atoms with Gasteiger partial charge in [0, 0.05) is 12.5 Å². The van der Waals surface area contributed by atoms with Gasteiger partial charge in [-0.05, 0) is 44.4 Å². The van der Waals surface area contributed by atoms with Crippen molar-refractivity contribution in [2.45, 2.75) is 19.3 Å². The van der Waals surface area contributed by atoms with Gasteiger partial charge in [-0.25, -0.2) is 0 Å². The van der Waals surface area contributed by atoms with E-state index >= 15 is 0 Å². The second-order valence-electron chi connectivity index (χ2n) is 3.89. The van der Waals surface area contributed by atoms with Gasteiger partial charge in [0.2, 0.25) is 0 Å². The van der Waals surface area contributed by atoms with Gasteiger partial charge in [0.1, 0.15) is 0 Å². The van der Waals surface area contributed by atoms with Gasteiger partial charge in [-0.3, -0.25) is 0 Å². The highest BCUT2D eigenvalue weighted by Crippen LogP contribution is 2.16. The highest BCUT2D eigenvalue weighted by molar-refractivity contribution is 7.98. The molecule has 0 aliphatic carbocycles. The van der Waals surface area contributed by atoms with Crippen LogP contribution in [0.1, 0.15) is 19.3 Å². The summed E-state index contributed by atoms with van der Waals surface area (Å²) in [6.45, 7) is 3.52. The van der Waals surface area contributed by atoms with Crippen molar-refractivity contribution in [3.63, 3.8) is 0 Å². The molecule has 0 aromatic carbocycles. The number of nitrogens with two attached hydrogens (primary N) is 1. The zero-order valence-corrected chi connectivity index (χ0v) is 10.5. The minimum atomic E-state index is 0.466. The third kappa shape index (κ3) is 4.15. The molecule has 0 saturated carbocycles. The molecule has 1 heterocycles. The first kappa shape index (κ1) is 12.3. The molecule has 0 bridgehead atoms. The molecule has 1 aliphatic heterocycles. The molecule has 2 N–H and O–H groups in total. The number of rotatable bonds is 5. The molecule has 1 atom stereocenters. The Hall–Kier alpha value is 0.200. The quantitative estimate of drug-likeness (QED) is 0.577. The van der Waals surface area contributed by atoms with Crippen LogP contribution in [0, 0.1) is 5.92 Å². The van der Waals surface area contributed by atoms with Gasteiger partial charge < -0.3 is 10.6 Å². The maximum Gasteiger partial charge on any atom is 0.0771 e. The molecule has 0 radical (unpaired) electrons. The van der Waals surface area contributed by atoms with E-state index in [0.29, 0.717) is 10.9 Å². The van der Waals surface area contributed by atoms with Crippen molar-refractivity contribution in [3.05, 3.63) is 0 Å². The van der Waals surface area contributed by atoms with E-state index in [1.165, 1.54) is 38.1 Å². The lowest BCUT2D eigenvalue weighted by atomic mass is 9.98. The van der Waals surface area contributed by atoms with Gasteiger partial charge in [-0.2, -0.15) is 11.8 Å². The van der Waals surface area contributed by atoms with Crippen LogP contribution in [0.3, 0.4) is 0 Å². The van der Waals surface area contributed by atoms with Gasteiger partial charge >= 0.3 is 0 Å². The van der Waals surface area contributed by atoms with Crippen LogP contribution >= 0.6 is 24.0 Å². The standard InChI is InChI=1S/C10H20N2S2/c1-14-7-3-6-12-5-2-4-9(8-12)10(11)13/h9H,2-8H2,1H3,(H2,11,13). The number of piperidine rings is 1. The van der Waals surface area contributed by atoms with Crippen LogP contribution in [0.25, 0.3) is 0 Å². The Bertz CT molecular complexity index is 185. The Morgan fingerprint density at radius 2 is 2.43 bits per heavy atom. The Kier molecular flexibility index (Phi) is 5.82. The van der Waals surface area contributed by atoms with Crippen molar-refractivity contribution >= 4 is 29.0 Å². The zero-order valence-electron chi connectivity index (χ0n) is 8.87. The largest absolute Gasteiger partial charge is 0.393 e. The van der Waals surface area contributed by atoms with Crippen molar-refractivity contribution in [2.75, 3.05) is 31.6 Å². The Balaban J connectivity index is 2.22. The Morgan fingerprint density at radius 3 is 3.07 bits per heavy atom. The van der Waals surface area contributed by atoms with Crippen molar-refractivity contribution in [2.24, 2.45) is 11.7 Å². The van der Waals surface area contributed by atoms with E-state index in [1.54, 1.807) is 0 Å². The van der Waals surface area contributed by atoms with Crippen molar-refractivity contribution in [1.82, 2.24) is 4.90 Å². The highest BCUT2D eigenvalue weighted by atomic mass is 32.2. The normalized spacial score (nSPS) is 23.6. The van der Waals surface area contributed by atoms with Gasteiger partial charge in [0.25, 0.3) is 0 Å². The van der Waals surface area contributed by atoms with E-state index in [-0.39, 0.29) is 0 Å². The molecular formula is C10H20N2S2. The predicted molar refractivity (Wildman–Crippen MR) is 68.9 cm³/mol. The molecule has 1 aliphatic rings. The molecule has 1 unspecified atom stereocenters. The predicted octanol–water partition coefficient (Wildman–Crippen LogP) is 1.74. The summed E-state index contributed by atoms with van der Waals surface area (Å²) in [7, 11) is 0. The molecule has 14 heavy (non-hydrogen) atoms. The highest BCUT2D eigenvalue weighted by Gasteiger charge is 2.20. The molecule has 1 fully saturated rings.